The zero-order valence-electron chi connectivity index (χ0n) is 13.3. The Morgan fingerprint density at radius 3 is 2.38 bits per heavy atom. The Kier molecular flexibility index (Phi) is 6.33. The average Bonchev–Trinajstić information content (AvgIpc) is 2.35. The molecule has 0 amide bonds. The first-order chi connectivity index (χ1) is 9.85. The number of nitrogens with one attached hydrogen (secondary N) is 1. The Bertz CT molecular complexity index is 489. The number of aromatic nitrogens is 2. The van der Waals surface area contributed by atoms with Gasteiger partial charge in [0.25, 0.3) is 5.88 Å². The van der Waals surface area contributed by atoms with E-state index in [0.29, 0.717) is 31.3 Å². The van der Waals surface area contributed by atoms with Gasteiger partial charge in [-0.3, -0.25) is 10.1 Å². The van der Waals surface area contributed by atoms with E-state index in [1.165, 1.54) is 0 Å². The lowest BCUT2D eigenvalue weighted by molar-refractivity contribution is -0.385. The standard InChI is InChI=1S/C14H24N4O3/c1-6-15-13-12(18(19)20)14(21-8-10(4)5)17-11(16-13)7-9(2)3/h9-10H,6-8H2,1-5H3,(H,15,16,17). The van der Waals surface area contributed by atoms with Crippen LogP contribution in [0.25, 0.3) is 0 Å². The number of rotatable bonds is 8. The molecule has 0 saturated carbocycles. The summed E-state index contributed by atoms with van der Waals surface area (Å²) < 4.78 is 5.54. The molecule has 0 atom stereocenters. The smallest absolute Gasteiger partial charge is 0.372 e. The Labute approximate surface area is 125 Å². The number of ether oxygens (including phenoxy) is 1. The van der Waals surface area contributed by atoms with Gasteiger partial charge in [0.05, 0.1) is 11.5 Å². The summed E-state index contributed by atoms with van der Waals surface area (Å²) in [5.74, 6) is 1.46. The SMILES string of the molecule is CCNc1nc(CC(C)C)nc(OCC(C)C)c1[N+](=O)[O-]. The highest BCUT2D eigenvalue weighted by atomic mass is 16.6. The first-order valence-corrected chi connectivity index (χ1v) is 7.27. The van der Waals surface area contributed by atoms with Gasteiger partial charge in [0.2, 0.25) is 5.82 Å². The van der Waals surface area contributed by atoms with E-state index in [2.05, 4.69) is 15.3 Å². The van der Waals surface area contributed by atoms with Crippen molar-refractivity contribution in [3.63, 3.8) is 0 Å². The first-order valence-electron chi connectivity index (χ1n) is 7.27. The summed E-state index contributed by atoms with van der Waals surface area (Å²) in [5, 5.41) is 14.2. The van der Waals surface area contributed by atoms with Crippen LogP contribution in [0.2, 0.25) is 0 Å². The van der Waals surface area contributed by atoms with Crippen LogP contribution < -0.4 is 10.1 Å². The molecule has 0 aromatic carbocycles. The van der Waals surface area contributed by atoms with Crippen LogP contribution in [0.3, 0.4) is 0 Å². The van der Waals surface area contributed by atoms with Crippen LogP contribution in [0.4, 0.5) is 11.5 Å². The fourth-order valence-electron chi connectivity index (χ4n) is 1.74. The molecule has 1 rings (SSSR count). The zero-order valence-corrected chi connectivity index (χ0v) is 13.3. The molecule has 0 aliphatic rings. The van der Waals surface area contributed by atoms with E-state index in [1.54, 1.807) is 0 Å². The van der Waals surface area contributed by atoms with Crippen LogP contribution in [-0.2, 0) is 6.42 Å². The van der Waals surface area contributed by atoms with E-state index in [4.69, 9.17) is 4.74 Å². The first kappa shape index (κ1) is 17.1. The predicted molar refractivity (Wildman–Crippen MR) is 81.7 cm³/mol. The van der Waals surface area contributed by atoms with Crippen molar-refractivity contribution in [1.82, 2.24) is 9.97 Å². The summed E-state index contributed by atoms with van der Waals surface area (Å²) in [5.41, 5.74) is -0.190. The van der Waals surface area contributed by atoms with Gasteiger partial charge in [0, 0.05) is 13.0 Å². The Morgan fingerprint density at radius 1 is 1.24 bits per heavy atom. The van der Waals surface area contributed by atoms with Gasteiger partial charge < -0.3 is 10.1 Å². The van der Waals surface area contributed by atoms with Crippen LogP contribution >= 0.6 is 0 Å². The predicted octanol–water partition coefficient (Wildman–Crippen LogP) is 3.05. The minimum absolute atomic E-state index is 0.0512. The van der Waals surface area contributed by atoms with Gasteiger partial charge in [-0.25, -0.2) is 4.98 Å². The zero-order chi connectivity index (χ0) is 16.0. The number of anilines is 1. The molecule has 0 fully saturated rings. The second-order valence-corrected chi connectivity index (χ2v) is 5.73. The van der Waals surface area contributed by atoms with Crippen molar-refractivity contribution < 1.29 is 9.66 Å². The van der Waals surface area contributed by atoms with Crippen LogP contribution in [0.5, 0.6) is 5.88 Å². The fourth-order valence-corrected chi connectivity index (χ4v) is 1.74. The summed E-state index contributed by atoms with van der Waals surface area (Å²) in [7, 11) is 0. The second-order valence-electron chi connectivity index (χ2n) is 5.73. The number of hydrogen-bond acceptors (Lipinski definition) is 6. The average molecular weight is 296 g/mol. The normalized spacial score (nSPS) is 11.0. The summed E-state index contributed by atoms with van der Waals surface area (Å²) in [4.78, 5) is 19.3. The molecule has 7 heteroatoms. The highest BCUT2D eigenvalue weighted by Crippen LogP contribution is 2.32. The molecular weight excluding hydrogens is 272 g/mol. The van der Waals surface area contributed by atoms with Crippen molar-refractivity contribution in [3.8, 4) is 5.88 Å². The van der Waals surface area contributed by atoms with Crippen molar-refractivity contribution in [3.05, 3.63) is 15.9 Å². The van der Waals surface area contributed by atoms with Gasteiger partial charge in [-0.05, 0) is 18.8 Å². The van der Waals surface area contributed by atoms with Gasteiger partial charge in [0.15, 0.2) is 0 Å². The lowest BCUT2D eigenvalue weighted by Gasteiger charge is -2.13. The molecule has 1 aromatic heterocycles. The van der Waals surface area contributed by atoms with Gasteiger partial charge >= 0.3 is 5.69 Å². The van der Waals surface area contributed by atoms with E-state index in [1.807, 2.05) is 34.6 Å². The molecule has 0 radical (unpaired) electrons. The maximum Gasteiger partial charge on any atom is 0.372 e. The quantitative estimate of drug-likeness (QED) is 0.585. The van der Waals surface area contributed by atoms with Crippen LogP contribution in [-0.4, -0.2) is 28.0 Å². The van der Waals surface area contributed by atoms with Crippen LogP contribution in [0.15, 0.2) is 0 Å². The molecule has 0 bridgehead atoms. The largest absolute Gasteiger partial charge is 0.472 e. The fraction of sp³-hybridized carbons (Fsp3) is 0.714. The Hall–Kier alpha value is -1.92. The lowest BCUT2D eigenvalue weighted by atomic mass is 10.1. The number of nitro groups is 1. The third-order valence-corrected chi connectivity index (χ3v) is 2.57. The van der Waals surface area contributed by atoms with Gasteiger partial charge in [-0.15, -0.1) is 0 Å². The topological polar surface area (TPSA) is 90.2 Å². The maximum absolute atomic E-state index is 11.3. The van der Waals surface area contributed by atoms with Crippen LogP contribution in [0, 0.1) is 22.0 Å². The lowest BCUT2D eigenvalue weighted by Crippen LogP contribution is -2.13. The van der Waals surface area contributed by atoms with Crippen molar-refractivity contribution in [1.29, 1.82) is 0 Å². The van der Waals surface area contributed by atoms with E-state index >= 15 is 0 Å². The molecule has 0 saturated heterocycles. The minimum atomic E-state index is -0.493. The highest BCUT2D eigenvalue weighted by Gasteiger charge is 2.26. The summed E-state index contributed by atoms with van der Waals surface area (Å²) >= 11 is 0. The molecule has 1 N–H and O–H groups in total. The minimum Gasteiger partial charge on any atom is -0.472 e. The molecule has 0 aliphatic carbocycles. The molecule has 118 valence electrons. The summed E-state index contributed by atoms with van der Waals surface area (Å²) in [6.07, 6.45) is 0.647. The number of hydrogen-bond donors (Lipinski definition) is 1. The molecule has 7 nitrogen and oxygen atoms in total. The Balaban J connectivity index is 3.25. The third-order valence-electron chi connectivity index (χ3n) is 2.57. The second kappa shape index (κ2) is 7.75. The van der Waals surface area contributed by atoms with Crippen molar-refractivity contribution in [2.24, 2.45) is 11.8 Å². The highest BCUT2D eigenvalue weighted by molar-refractivity contribution is 5.61. The summed E-state index contributed by atoms with van der Waals surface area (Å²) in [6.45, 7) is 10.8. The van der Waals surface area contributed by atoms with Crippen molar-refractivity contribution in [2.75, 3.05) is 18.5 Å². The molecule has 1 heterocycles. The third kappa shape index (κ3) is 5.17. The van der Waals surface area contributed by atoms with E-state index in [9.17, 15) is 10.1 Å². The van der Waals surface area contributed by atoms with Crippen LogP contribution in [0.1, 0.15) is 40.4 Å². The molecular formula is C14H24N4O3. The monoisotopic (exact) mass is 296 g/mol. The van der Waals surface area contributed by atoms with Gasteiger partial charge in [-0.2, -0.15) is 4.98 Å². The van der Waals surface area contributed by atoms with E-state index in [0.717, 1.165) is 0 Å². The van der Waals surface area contributed by atoms with Gasteiger partial charge in [0.1, 0.15) is 5.82 Å². The molecule has 0 unspecified atom stereocenters. The van der Waals surface area contributed by atoms with E-state index in [-0.39, 0.29) is 23.3 Å². The number of nitrogens with zero attached hydrogens (tertiary/aromatic N) is 3. The molecule has 1 aromatic rings. The molecule has 0 spiro atoms. The van der Waals surface area contributed by atoms with E-state index < -0.39 is 4.92 Å². The summed E-state index contributed by atoms with van der Waals surface area (Å²) in [6, 6.07) is 0. The molecule has 0 aliphatic heterocycles. The van der Waals surface area contributed by atoms with Crippen molar-refractivity contribution >= 4 is 11.5 Å². The van der Waals surface area contributed by atoms with Crippen molar-refractivity contribution in [2.45, 2.75) is 41.0 Å². The van der Waals surface area contributed by atoms with Gasteiger partial charge in [-0.1, -0.05) is 27.7 Å². The maximum atomic E-state index is 11.3. The molecule has 21 heavy (non-hydrogen) atoms. The Morgan fingerprint density at radius 2 is 1.90 bits per heavy atom.